The largest absolute Gasteiger partial charge is 0.369 e. The third-order valence-electron chi connectivity index (χ3n) is 4.76. The van der Waals surface area contributed by atoms with Gasteiger partial charge in [0.1, 0.15) is 5.82 Å². The number of anilines is 2. The zero-order valence-electron chi connectivity index (χ0n) is 13.1. The summed E-state index contributed by atoms with van der Waals surface area (Å²) in [4.78, 5) is 9.15. The van der Waals surface area contributed by atoms with Crippen LogP contribution in [0, 0.1) is 11.8 Å². The lowest BCUT2D eigenvalue weighted by Crippen LogP contribution is -2.35. The Kier molecular flexibility index (Phi) is 3.99. The smallest absolute Gasteiger partial charge is 0.180 e. The summed E-state index contributed by atoms with van der Waals surface area (Å²) in [6.45, 7) is 7.64. The zero-order valence-corrected chi connectivity index (χ0v) is 13.1. The first-order chi connectivity index (χ1) is 10.2. The van der Waals surface area contributed by atoms with Gasteiger partial charge in [-0.25, -0.2) is 9.97 Å². The van der Waals surface area contributed by atoms with Crippen LogP contribution in [-0.2, 0) is 0 Å². The normalized spacial score (nSPS) is 26.0. The van der Waals surface area contributed by atoms with E-state index in [4.69, 9.17) is 4.98 Å². The van der Waals surface area contributed by atoms with E-state index < -0.39 is 0 Å². The highest BCUT2D eigenvalue weighted by Gasteiger charge is 2.27. The van der Waals surface area contributed by atoms with Gasteiger partial charge in [0, 0.05) is 25.0 Å². The van der Waals surface area contributed by atoms with Gasteiger partial charge < -0.3 is 15.0 Å². The van der Waals surface area contributed by atoms with Crippen molar-refractivity contribution in [3.8, 4) is 0 Å². The number of nitrogens with zero attached hydrogens (tertiary/aromatic N) is 3. The Hall–Kier alpha value is -1.78. The molecular weight excluding hydrogens is 262 g/mol. The first-order valence-electron chi connectivity index (χ1n) is 8.03. The highest BCUT2D eigenvalue weighted by atomic mass is 15.2. The highest BCUT2D eigenvalue weighted by Crippen LogP contribution is 2.32. The van der Waals surface area contributed by atoms with E-state index in [1.807, 2.05) is 23.0 Å². The summed E-state index contributed by atoms with van der Waals surface area (Å²) in [6.07, 6.45) is 9.63. The Morgan fingerprint density at radius 1 is 1.33 bits per heavy atom. The Labute approximate surface area is 126 Å². The van der Waals surface area contributed by atoms with Crippen molar-refractivity contribution in [3.63, 3.8) is 0 Å². The molecule has 3 rings (SSSR count). The van der Waals surface area contributed by atoms with Gasteiger partial charge in [-0.1, -0.05) is 26.7 Å². The van der Waals surface area contributed by atoms with Crippen molar-refractivity contribution in [1.82, 2.24) is 14.4 Å². The van der Waals surface area contributed by atoms with E-state index in [0.29, 0.717) is 12.0 Å². The zero-order chi connectivity index (χ0) is 14.8. The standard InChI is InChI=1S/C16H25N5/c1-4-17-14-10-21-9-8-18-16(21)15(20-14)19-13-7-5-6-11(2)12(13)3/h8-13,17H,4-7H2,1-3H3,(H,19,20). The topological polar surface area (TPSA) is 54.2 Å². The fourth-order valence-corrected chi connectivity index (χ4v) is 3.26. The number of rotatable bonds is 4. The lowest BCUT2D eigenvalue weighted by Gasteiger charge is -2.35. The lowest BCUT2D eigenvalue weighted by molar-refractivity contribution is 0.253. The molecule has 5 nitrogen and oxygen atoms in total. The molecule has 0 bridgehead atoms. The van der Waals surface area contributed by atoms with Crippen molar-refractivity contribution in [2.24, 2.45) is 11.8 Å². The highest BCUT2D eigenvalue weighted by molar-refractivity contribution is 5.65. The van der Waals surface area contributed by atoms with Crippen LogP contribution in [-0.4, -0.2) is 27.0 Å². The average molecular weight is 287 g/mol. The summed E-state index contributed by atoms with van der Waals surface area (Å²) in [7, 11) is 0. The Bertz CT molecular complexity index is 606. The molecule has 1 fully saturated rings. The van der Waals surface area contributed by atoms with Crippen LogP contribution in [0.4, 0.5) is 11.6 Å². The third kappa shape index (κ3) is 2.82. The van der Waals surface area contributed by atoms with Crippen LogP contribution >= 0.6 is 0 Å². The van der Waals surface area contributed by atoms with E-state index in [-0.39, 0.29) is 0 Å². The van der Waals surface area contributed by atoms with Gasteiger partial charge in [0.25, 0.3) is 0 Å². The summed E-state index contributed by atoms with van der Waals surface area (Å²) < 4.78 is 2.03. The molecule has 0 aliphatic heterocycles. The van der Waals surface area contributed by atoms with Crippen molar-refractivity contribution >= 4 is 17.3 Å². The first kappa shape index (κ1) is 14.2. The van der Waals surface area contributed by atoms with Crippen molar-refractivity contribution < 1.29 is 0 Å². The fraction of sp³-hybridized carbons (Fsp3) is 0.625. The molecule has 21 heavy (non-hydrogen) atoms. The molecule has 0 amide bonds. The Morgan fingerprint density at radius 3 is 3.00 bits per heavy atom. The first-order valence-corrected chi connectivity index (χ1v) is 8.03. The van der Waals surface area contributed by atoms with Gasteiger partial charge in [-0.15, -0.1) is 0 Å². The van der Waals surface area contributed by atoms with Crippen molar-refractivity contribution in [3.05, 3.63) is 18.6 Å². The molecule has 3 unspecified atom stereocenters. The third-order valence-corrected chi connectivity index (χ3v) is 4.76. The molecule has 1 aliphatic carbocycles. The van der Waals surface area contributed by atoms with Crippen molar-refractivity contribution in [2.45, 2.75) is 46.1 Å². The van der Waals surface area contributed by atoms with Gasteiger partial charge >= 0.3 is 0 Å². The number of aromatic nitrogens is 3. The monoisotopic (exact) mass is 287 g/mol. The lowest BCUT2D eigenvalue weighted by atomic mass is 9.78. The maximum Gasteiger partial charge on any atom is 0.180 e. The van der Waals surface area contributed by atoms with Gasteiger partial charge in [0.05, 0.1) is 6.20 Å². The molecule has 2 N–H and O–H groups in total. The number of fused-ring (bicyclic) bond motifs is 1. The van der Waals surface area contributed by atoms with Crippen LogP contribution in [0.15, 0.2) is 18.6 Å². The van der Waals surface area contributed by atoms with Crippen molar-refractivity contribution in [2.75, 3.05) is 17.2 Å². The molecule has 1 saturated carbocycles. The number of imidazole rings is 1. The van der Waals surface area contributed by atoms with Crippen LogP contribution in [0.5, 0.6) is 0 Å². The van der Waals surface area contributed by atoms with Crippen molar-refractivity contribution in [1.29, 1.82) is 0 Å². The maximum atomic E-state index is 4.71. The molecule has 0 aromatic carbocycles. The summed E-state index contributed by atoms with van der Waals surface area (Å²) in [5.74, 6) is 3.22. The molecular formula is C16H25N5. The molecule has 2 aromatic rings. The van der Waals surface area contributed by atoms with Crippen LogP contribution in [0.25, 0.3) is 5.65 Å². The summed E-state index contributed by atoms with van der Waals surface area (Å²) in [5, 5.41) is 6.94. The van der Waals surface area contributed by atoms with E-state index >= 15 is 0 Å². The Balaban J connectivity index is 1.89. The minimum atomic E-state index is 0.485. The van der Waals surface area contributed by atoms with Gasteiger partial charge in [0.15, 0.2) is 11.5 Å². The SMILES string of the molecule is CCNc1cn2ccnc2c(NC2CCCC(C)C2C)n1. The quantitative estimate of drug-likeness (QED) is 0.905. The number of hydrogen-bond acceptors (Lipinski definition) is 4. The summed E-state index contributed by atoms with van der Waals surface area (Å²) >= 11 is 0. The summed E-state index contributed by atoms with van der Waals surface area (Å²) in [5.41, 5.74) is 0.905. The predicted molar refractivity (Wildman–Crippen MR) is 86.7 cm³/mol. The second kappa shape index (κ2) is 5.92. The van der Waals surface area contributed by atoms with Crippen LogP contribution in [0.2, 0.25) is 0 Å². The van der Waals surface area contributed by atoms with Gasteiger partial charge in [0.2, 0.25) is 0 Å². The second-order valence-corrected chi connectivity index (χ2v) is 6.18. The molecule has 5 heteroatoms. The predicted octanol–water partition coefficient (Wildman–Crippen LogP) is 3.40. The molecule has 0 saturated heterocycles. The molecule has 1 aliphatic rings. The van der Waals surface area contributed by atoms with E-state index in [0.717, 1.165) is 29.7 Å². The van der Waals surface area contributed by atoms with Crippen LogP contribution in [0.3, 0.4) is 0 Å². The van der Waals surface area contributed by atoms with E-state index in [1.165, 1.54) is 19.3 Å². The van der Waals surface area contributed by atoms with Gasteiger partial charge in [-0.3, -0.25) is 0 Å². The minimum Gasteiger partial charge on any atom is -0.369 e. The molecule has 2 aromatic heterocycles. The van der Waals surface area contributed by atoms with Gasteiger partial charge in [-0.2, -0.15) is 0 Å². The van der Waals surface area contributed by atoms with Gasteiger partial charge in [-0.05, 0) is 25.2 Å². The molecule has 0 radical (unpaired) electrons. The molecule has 2 heterocycles. The van der Waals surface area contributed by atoms with E-state index in [2.05, 4.69) is 36.4 Å². The maximum absolute atomic E-state index is 4.71. The molecule has 114 valence electrons. The molecule has 0 spiro atoms. The second-order valence-electron chi connectivity index (χ2n) is 6.18. The Morgan fingerprint density at radius 2 is 2.19 bits per heavy atom. The molecule has 3 atom stereocenters. The van der Waals surface area contributed by atoms with E-state index in [9.17, 15) is 0 Å². The number of hydrogen-bond donors (Lipinski definition) is 2. The summed E-state index contributed by atoms with van der Waals surface area (Å²) in [6, 6.07) is 0.485. The van der Waals surface area contributed by atoms with Crippen LogP contribution in [0.1, 0.15) is 40.0 Å². The average Bonchev–Trinajstić information content (AvgIpc) is 2.93. The fourth-order valence-electron chi connectivity index (χ4n) is 3.26. The van der Waals surface area contributed by atoms with E-state index in [1.54, 1.807) is 0 Å². The minimum absolute atomic E-state index is 0.485. The number of nitrogens with one attached hydrogen (secondary N) is 2. The van der Waals surface area contributed by atoms with Crippen LogP contribution < -0.4 is 10.6 Å².